The van der Waals surface area contributed by atoms with Crippen LogP contribution in [0, 0.1) is 0 Å². The number of anilines is 1. The summed E-state index contributed by atoms with van der Waals surface area (Å²) < 4.78 is 10.4. The van der Waals surface area contributed by atoms with Gasteiger partial charge in [-0.25, -0.2) is 9.78 Å². The Morgan fingerprint density at radius 1 is 1.15 bits per heavy atom. The number of H-pyrrole nitrogens is 1. The number of aryl methyl sites for hydroxylation is 1. The van der Waals surface area contributed by atoms with Crippen molar-refractivity contribution in [2.24, 2.45) is 0 Å². The van der Waals surface area contributed by atoms with Crippen molar-refractivity contribution in [2.75, 3.05) is 19.0 Å². The first kappa shape index (κ1) is 17.8. The fourth-order valence-electron chi connectivity index (χ4n) is 2.78. The van der Waals surface area contributed by atoms with Crippen LogP contribution < -0.4 is 10.1 Å². The van der Waals surface area contributed by atoms with Gasteiger partial charge in [-0.3, -0.25) is 5.32 Å². The molecule has 0 spiro atoms. The molecule has 0 atom stereocenters. The fraction of sp³-hybridized carbons (Fsp3) is 0.300. The second kappa shape index (κ2) is 7.91. The molecule has 1 aromatic heterocycles. The number of ether oxygens (including phenoxy) is 2. The first-order chi connectivity index (χ1) is 12.6. The number of nitrogens with zero attached hydrogens (tertiary/aromatic N) is 1. The lowest BCUT2D eigenvalue weighted by Crippen LogP contribution is -2.11. The van der Waals surface area contributed by atoms with Gasteiger partial charge >= 0.3 is 6.09 Å². The maximum absolute atomic E-state index is 11.3. The summed E-state index contributed by atoms with van der Waals surface area (Å²) in [5, 5.41) is 2.54. The smallest absolute Gasteiger partial charge is 0.413 e. The Morgan fingerprint density at radius 2 is 1.92 bits per heavy atom. The summed E-state index contributed by atoms with van der Waals surface area (Å²) in [6.45, 7) is 4.95. The summed E-state index contributed by atoms with van der Waals surface area (Å²) in [7, 11) is 1.31. The van der Waals surface area contributed by atoms with E-state index in [1.54, 1.807) is 0 Å². The standard InChI is InChI=1S/C20H23N3O3/c1-4-10-26-18-9-7-14(11-13(18)5-2)15-6-8-16-17(12-15)22-19(21-16)23-20(24)25-3/h6-9,11-12H,4-5,10H2,1-3H3,(H2,21,22,23,24). The van der Waals surface area contributed by atoms with Gasteiger partial charge in [0.05, 0.1) is 24.8 Å². The molecule has 6 heteroatoms. The first-order valence-electron chi connectivity index (χ1n) is 8.75. The zero-order chi connectivity index (χ0) is 18.5. The lowest BCUT2D eigenvalue weighted by Gasteiger charge is -2.12. The number of aromatic amines is 1. The molecule has 6 nitrogen and oxygen atoms in total. The van der Waals surface area contributed by atoms with E-state index in [1.165, 1.54) is 12.7 Å². The minimum Gasteiger partial charge on any atom is -0.493 e. The predicted octanol–water partition coefficient (Wildman–Crippen LogP) is 4.76. The lowest BCUT2D eigenvalue weighted by molar-refractivity contribution is 0.186. The van der Waals surface area contributed by atoms with Gasteiger partial charge in [-0.15, -0.1) is 0 Å². The van der Waals surface area contributed by atoms with Gasteiger partial charge in [0.15, 0.2) is 0 Å². The van der Waals surface area contributed by atoms with E-state index in [9.17, 15) is 4.79 Å². The molecular weight excluding hydrogens is 330 g/mol. The van der Waals surface area contributed by atoms with E-state index in [4.69, 9.17) is 4.74 Å². The monoisotopic (exact) mass is 353 g/mol. The SMILES string of the molecule is CCCOc1ccc(-c2ccc3nc(NC(=O)OC)[nH]c3c2)cc1CC. The van der Waals surface area contributed by atoms with Crippen molar-refractivity contribution in [1.29, 1.82) is 0 Å². The Morgan fingerprint density at radius 3 is 2.65 bits per heavy atom. The summed E-state index contributed by atoms with van der Waals surface area (Å²) in [5.74, 6) is 1.31. The van der Waals surface area contributed by atoms with Gasteiger partial charge in [-0.2, -0.15) is 0 Å². The van der Waals surface area contributed by atoms with E-state index < -0.39 is 6.09 Å². The second-order valence-electron chi connectivity index (χ2n) is 5.96. The number of amides is 1. The van der Waals surface area contributed by atoms with Crippen LogP contribution in [0.15, 0.2) is 36.4 Å². The molecule has 1 amide bonds. The molecule has 3 rings (SSSR count). The van der Waals surface area contributed by atoms with Crippen LogP contribution in [0.4, 0.5) is 10.7 Å². The summed E-state index contributed by atoms with van der Waals surface area (Å²) in [5.41, 5.74) is 5.00. The number of aromatic nitrogens is 2. The van der Waals surface area contributed by atoms with Gasteiger partial charge in [0.25, 0.3) is 0 Å². The van der Waals surface area contributed by atoms with E-state index >= 15 is 0 Å². The molecule has 0 radical (unpaired) electrons. The maximum atomic E-state index is 11.3. The van der Waals surface area contributed by atoms with Gasteiger partial charge in [0, 0.05) is 0 Å². The van der Waals surface area contributed by atoms with E-state index in [0.717, 1.165) is 47.4 Å². The van der Waals surface area contributed by atoms with E-state index in [2.05, 4.69) is 46.0 Å². The average Bonchev–Trinajstić information content (AvgIpc) is 3.07. The minimum atomic E-state index is -0.556. The van der Waals surface area contributed by atoms with Crippen LogP contribution in [0.5, 0.6) is 5.75 Å². The van der Waals surface area contributed by atoms with Gasteiger partial charge in [-0.1, -0.05) is 26.0 Å². The summed E-state index contributed by atoms with van der Waals surface area (Å²) in [6, 6.07) is 12.2. The maximum Gasteiger partial charge on any atom is 0.413 e. The Balaban J connectivity index is 1.91. The van der Waals surface area contributed by atoms with Crippen molar-refractivity contribution in [3.8, 4) is 16.9 Å². The highest BCUT2D eigenvalue weighted by Gasteiger charge is 2.09. The third-order valence-electron chi connectivity index (χ3n) is 4.12. The quantitative estimate of drug-likeness (QED) is 0.670. The van der Waals surface area contributed by atoms with Crippen molar-refractivity contribution in [3.05, 3.63) is 42.0 Å². The van der Waals surface area contributed by atoms with Crippen LogP contribution >= 0.6 is 0 Å². The highest BCUT2D eigenvalue weighted by Crippen LogP contribution is 2.29. The van der Waals surface area contributed by atoms with Crippen LogP contribution in [0.2, 0.25) is 0 Å². The number of carbonyl (C=O) groups is 1. The molecule has 0 fully saturated rings. The molecule has 3 aromatic rings. The van der Waals surface area contributed by atoms with Gasteiger partial charge in [0.1, 0.15) is 5.75 Å². The molecule has 0 bridgehead atoms. The molecular formula is C20H23N3O3. The van der Waals surface area contributed by atoms with Gasteiger partial charge in [-0.05, 0) is 53.8 Å². The van der Waals surface area contributed by atoms with Crippen molar-refractivity contribution in [2.45, 2.75) is 26.7 Å². The highest BCUT2D eigenvalue weighted by atomic mass is 16.5. The number of methoxy groups -OCH3 is 1. The van der Waals surface area contributed by atoms with Crippen LogP contribution in [0.1, 0.15) is 25.8 Å². The molecule has 0 saturated heterocycles. The zero-order valence-electron chi connectivity index (χ0n) is 15.3. The normalized spacial score (nSPS) is 10.7. The Labute approximate surface area is 152 Å². The number of hydrogen-bond acceptors (Lipinski definition) is 4. The molecule has 0 aliphatic heterocycles. The number of carbonyl (C=O) groups excluding carboxylic acids is 1. The van der Waals surface area contributed by atoms with Crippen LogP contribution in [-0.4, -0.2) is 29.8 Å². The number of imidazole rings is 1. The molecule has 136 valence electrons. The first-order valence-corrected chi connectivity index (χ1v) is 8.75. The molecule has 26 heavy (non-hydrogen) atoms. The van der Waals surface area contributed by atoms with Crippen LogP contribution in [-0.2, 0) is 11.2 Å². The van der Waals surface area contributed by atoms with Gasteiger partial charge < -0.3 is 14.5 Å². The number of rotatable bonds is 6. The Bertz CT molecular complexity index is 918. The van der Waals surface area contributed by atoms with Crippen molar-refractivity contribution < 1.29 is 14.3 Å². The summed E-state index contributed by atoms with van der Waals surface area (Å²) >= 11 is 0. The van der Waals surface area contributed by atoms with E-state index in [-0.39, 0.29) is 0 Å². The third kappa shape index (κ3) is 3.79. The molecule has 0 aliphatic carbocycles. The van der Waals surface area contributed by atoms with Crippen LogP contribution in [0.3, 0.4) is 0 Å². The second-order valence-corrected chi connectivity index (χ2v) is 5.96. The van der Waals surface area contributed by atoms with E-state index in [0.29, 0.717) is 5.95 Å². The number of nitrogens with one attached hydrogen (secondary N) is 2. The predicted molar refractivity (Wildman–Crippen MR) is 103 cm³/mol. The summed E-state index contributed by atoms with van der Waals surface area (Å²) in [4.78, 5) is 18.7. The van der Waals surface area contributed by atoms with E-state index in [1.807, 2.05) is 24.3 Å². The molecule has 2 aromatic carbocycles. The molecule has 0 saturated carbocycles. The van der Waals surface area contributed by atoms with Crippen LogP contribution in [0.25, 0.3) is 22.2 Å². The summed E-state index contributed by atoms with van der Waals surface area (Å²) in [6.07, 6.45) is 1.34. The van der Waals surface area contributed by atoms with Crippen molar-refractivity contribution >= 4 is 23.1 Å². The average molecular weight is 353 g/mol. The highest BCUT2D eigenvalue weighted by molar-refractivity contribution is 5.88. The third-order valence-corrected chi connectivity index (χ3v) is 4.12. The van der Waals surface area contributed by atoms with Crippen molar-refractivity contribution in [1.82, 2.24) is 9.97 Å². The van der Waals surface area contributed by atoms with Gasteiger partial charge in [0.2, 0.25) is 5.95 Å². The molecule has 1 heterocycles. The molecule has 2 N–H and O–H groups in total. The fourth-order valence-corrected chi connectivity index (χ4v) is 2.78. The zero-order valence-corrected chi connectivity index (χ0v) is 15.3. The lowest BCUT2D eigenvalue weighted by atomic mass is 10.0. The number of benzene rings is 2. The van der Waals surface area contributed by atoms with Crippen molar-refractivity contribution in [3.63, 3.8) is 0 Å². The number of hydrogen-bond donors (Lipinski definition) is 2. The Hall–Kier alpha value is -3.02. The molecule has 0 aliphatic rings. The largest absolute Gasteiger partial charge is 0.493 e. The number of fused-ring (bicyclic) bond motifs is 1. The molecule has 0 unspecified atom stereocenters. The Kier molecular flexibility index (Phi) is 5.41. The topological polar surface area (TPSA) is 76.2 Å². The minimum absolute atomic E-state index is 0.363.